The minimum absolute atomic E-state index is 0.547. The van der Waals surface area contributed by atoms with E-state index in [1.807, 2.05) is 0 Å². The molecule has 22 heavy (non-hydrogen) atoms. The summed E-state index contributed by atoms with van der Waals surface area (Å²) in [7, 11) is 6.83. The van der Waals surface area contributed by atoms with E-state index in [1.54, 1.807) is 0 Å². The first kappa shape index (κ1) is 16.7. The highest BCUT2D eigenvalue weighted by Gasteiger charge is 2.39. The average molecular weight is 308 g/mol. The van der Waals surface area contributed by atoms with E-state index in [-0.39, 0.29) is 0 Å². The first-order valence-corrected chi connectivity index (χ1v) is 9.67. The third-order valence-corrected chi connectivity index (χ3v) is 6.88. The molecule has 2 saturated heterocycles. The molecule has 0 bridgehead atoms. The van der Waals surface area contributed by atoms with Crippen LogP contribution in [-0.4, -0.2) is 74.1 Å². The fourth-order valence-electron chi connectivity index (χ4n) is 5.48. The first-order chi connectivity index (χ1) is 10.6. The summed E-state index contributed by atoms with van der Waals surface area (Å²) >= 11 is 0. The fraction of sp³-hybridized carbons (Fsp3) is 1.00. The number of rotatable bonds is 0. The van der Waals surface area contributed by atoms with E-state index in [4.69, 9.17) is 0 Å². The van der Waals surface area contributed by atoms with E-state index in [9.17, 15) is 0 Å². The maximum atomic E-state index is 2.62. The van der Waals surface area contributed by atoms with Gasteiger partial charge in [-0.2, -0.15) is 0 Å². The van der Waals surface area contributed by atoms with Crippen molar-refractivity contribution in [1.82, 2.24) is 14.7 Å². The number of piperazine rings is 1. The quantitative estimate of drug-likeness (QED) is 0.681. The summed E-state index contributed by atoms with van der Waals surface area (Å²) in [4.78, 5) is 7.60. The van der Waals surface area contributed by atoms with Gasteiger partial charge in [0, 0.05) is 38.3 Å². The molecule has 0 aromatic rings. The van der Waals surface area contributed by atoms with Crippen LogP contribution in [-0.2, 0) is 0 Å². The van der Waals surface area contributed by atoms with E-state index in [0.717, 1.165) is 11.8 Å². The Morgan fingerprint density at radius 3 is 2.00 bits per heavy atom. The Kier molecular flexibility index (Phi) is 5.47. The number of hydrogen-bond acceptors (Lipinski definition) is 3. The molecule has 3 heteroatoms. The first-order valence-electron chi connectivity index (χ1n) is 9.67. The number of likely N-dealkylation sites (tertiary alicyclic amines) is 1. The standard InChI is InChI=1S/C11H22N2.C8H15N/c1-12-8-9-13(2)11(10-12)6-4-3-5-7-11;1-9-5-7-3-2-4-8(7)6-9/h3-10H2,1-2H3;7-8H,2-6H2,1H3. The second-order valence-corrected chi connectivity index (χ2v) is 8.62. The van der Waals surface area contributed by atoms with Crippen LogP contribution in [0.4, 0.5) is 0 Å². The molecule has 0 N–H and O–H groups in total. The maximum Gasteiger partial charge on any atom is 0.0333 e. The molecule has 2 unspecified atom stereocenters. The van der Waals surface area contributed by atoms with Crippen LogP contribution in [0.5, 0.6) is 0 Å². The predicted octanol–water partition coefficient (Wildman–Crippen LogP) is 2.91. The Morgan fingerprint density at radius 2 is 1.36 bits per heavy atom. The van der Waals surface area contributed by atoms with Crippen molar-refractivity contribution in [3.63, 3.8) is 0 Å². The SMILES string of the molecule is CN1CC2CCCC2C1.CN1CCN(C)C2(CCCCC2)C1. The minimum Gasteiger partial charge on any atom is -0.306 e. The maximum absolute atomic E-state index is 2.62. The highest BCUT2D eigenvalue weighted by Crippen LogP contribution is 2.37. The van der Waals surface area contributed by atoms with Gasteiger partial charge in [0.25, 0.3) is 0 Å². The highest BCUT2D eigenvalue weighted by atomic mass is 15.3. The van der Waals surface area contributed by atoms with Gasteiger partial charge >= 0.3 is 0 Å². The van der Waals surface area contributed by atoms with Crippen LogP contribution in [0.1, 0.15) is 51.4 Å². The van der Waals surface area contributed by atoms with E-state index in [2.05, 4.69) is 35.8 Å². The molecule has 2 saturated carbocycles. The minimum atomic E-state index is 0.547. The average Bonchev–Trinajstić information content (AvgIpc) is 3.05. The van der Waals surface area contributed by atoms with Crippen LogP contribution < -0.4 is 0 Å². The van der Waals surface area contributed by atoms with Crippen molar-refractivity contribution in [2.45, 2.75) is 56.9 Å². The largest absolute Gasteiger partial charge is 0.306 e. The topological polar surface area (TPSA) is 9.72 Å². The Balaban J connectivity index is 0.000000139. The summed E-state index contributed by atoms with van der Waals surface area (Å²) in [6, 6.07) is 0. The van der Waals surface area contributed by atoms with Crippen molar-refractivity contribution in [2.24, 2.45) is 11.8 Å². The van der Waals surface area contributed by atoms with Gasteiger partial charge in [0.1, 0.15) is 0 Å². The molecule has 2 aliphatic carbocycles. The van der Waals surface area contributed by atoms with Gasteiger partial charge in [0.2, 0.25) is 0 Å². The Bertz CT molecular complexity index is 339. The van der Waals surface area contributed by atoms with Crippen molar-refractivity contribution in [3.8, 4) is 0 Å². The van der Waals surface area contributed by atoms with Crippen molar-refractivity contribution >= 4 is 0 Å². The van der Waals surface area contributed by atoms with Crippen LogP contribution >= 0.6 is 0 Å². The molecular weight excluding hydrogens is 270 g/mol. The molecular formula is C19H37N3. The molecule has 1 spiro atoms. The zero-order valence-corrected chi connectivity index (χ0v) is 15.2. The highest BCUT2D eigenvalue weighted by molar-refractivity contribution is 4.96. The van der Waals surface area contributed by atoms with Gasteiger partial charge in [-0.1, -0.05) is 25.7 Å². The lowest BCUT2D eigenvalue weighted by atomic mass is 9.79. The second kappa shape index (κ2) is 7.19. The van der Waals surface area contributed by atoms with E-state index in [1.165, 1.54) is 84.1 Å². The summed E-state index contributed by atoms with van der Waals surface area (Å²) in [5.41, 5.74) is 0.547. The summed E-state index contributed by atoms with van der Waals surface area (Å²) in [5, 5.41) is 0. The van der Waals surface area contributed by atoms with E-state index in [0.29, 0.717) is 5.54 Å². The Labute approximate surface area is 138 Å². The predicted molar refractivity (Wildman–Crippen MR) is 94.3 cm³/mol. The lowest BCUT2D eigenvalue weighted by Gasteiger charge is -2.50. The molecule has 2 aliphatic heterocycles. The number of hydrogen-bond donors (Lipinski definition) is 0. The molecule has 2 atom stereocenters. The summed E-state index contributed by atoms with van der Waals surface area (Å²) in [6.07, 6.45) is 11.7. The van der Waals surface area contributed by atoms with Gasteiger partial charge in [-0.3, -0.25) is 4.90 Å². The molecule has 4 aliphatic rings. The molecule has 3 nitrogen and oxygen atoms in total. The molecule has 4 rings (SSSR count). The molecule has 0 aromatic carbocycles. The fourth-order valence-corrected chi connectivity index (χ4v) is 5.48. The van der Waals surface area contributed by atoms with Crippen LogP contribution in [0.25, 0.3) is 0 Å². The molecule has 2 heterocycles. The molecule has 0 amide bonds. The summed E-state index contributed by atoms with van der Waals surface area (Å²) in [6.45, 7) is 6.56. The Morgan fingerprint density at radius 1 is 0.727 bits per heavy atom. The van der Waals surface area contributed by atoms with Gasteiger partial charge in [-0.05, 0) is 58.7 Å². The molecule has 4 fully saturated rings. The molecule has 128 valence electrons. The van der Waals surface area contributed by atoms with Crippen LogP contribution in [0, 0.1) is 11.8 Å². The third kappa shape index (κ3) is 3.68. The molecule has 0 aromatic heterocycles. The normalized spacial score (nSPS) is 36.1. The van der Waals surface area contributed by atoms with Crippen molar-refractivity contribution in [2.75, 3.05) is 53.9 Å². The lowest BCUT2D eigenvalue weighted by molar-refractivity contribution is 0.000507. The molecule has 0 radical (unpaired) electrons. The van der Waals surface area contributed by atoms with Crippen LogP contribution in [0.3, 0.4) is 0 Å². The smallest absolute Gasteiger partial charge is 0.0333 e. The van der Waals surface area contributed by atoms with Gasteiger partial charge in [-0.25, -0.2) is 0 Å². The number of nitrogens with zero attached hydrogens (tertiary/aromatic N) is 3. The summed E-state index contributed by atoms with van der Waals surface area (Å²) in [5.74, 6) is 2.16. The monoisotopic (exact) mass is 307 g/mol. The summed E-state index contributed by atoms with van der Waals surface area (Å²) < 4.78 is 0. The van der Waals surface area contributed by atoms with Crippen LogP contribution in [0.2, 0.25) is 0 Å². The van der Waals surface area contributed by atoms with Gasteiger partial charge < -0.3 is 9.80 Å². The van der Waals surface area contributed by atoms with E-state index >= 15 is 0 Å². The second-order valence-electron chi connectivity index (χ2n) is 8.62. The van der Waals surface area contributed by atoms with E-state index < -0.39 is 0 Å². The Hall–Kier alpha value is -0.120. The lowest BCUT2D eigenvalue weighted by Crippen LogP contribution is -2.60. The number of fused-ring (bicyclic) bond motifs is 1. The van der Waals surface area contributed by atoms with Crippen LogP contribution in [0.15, 0.2) is 0 Å². The van der Waals surface area contributed by atoms with Gasteiger partial charge in [0.05, 0.1) is 0 Å². The zero-order valence-electron chi connectivity index (χ0n) is 15.2. The third-order valence-electron chi connectivity index (χ3n) is 6.88. The van der Waals surface area contributed by atoms with Crippen molar-refractivity contribution < 1.29 is 0 Å². The van der Waals surface area contributed by atoms with Crippen molar-refractivity contribution in [3.05, 3.63) is 0 Å². The van der Waals surface area contributed by atoms with Gasteiger partial charge in [-0.15, -0.1) is 0 Å². The van der Waals surface area contributed by atoms with Crippen molar-refractivity contribution in [1.29, 1.82) is 0 Å². The number of likely N-dealkylation sites (N-methyl/N-ethyl adjacent to an activating group) is 2. The van der Waals surface area contributed by atoms with Gasteiger partial charge in [0.15, 0.2) is 0 Å². The zero-order chi connectivity index (χ0) is 15.6.